The van der Waals surface area contributed by atoms with Gasteiger partial charge in [0.1, 0.15) is 5.82 Å². The molecule has 1 aromatic carbocycles. The summed E-state index contributed by atoms with van der Waals surface area (Å²) in [5.74, 6) is 0.525. The second kappa shape index (κ2) is 10.4. The Hall–Kier alpha value is -0.450. The van der Waals surface area contributed by atoms with Crippen LogP contribution in [0.25, 0.3) is 0 Å². The number of ether oxygens (including phenoxy) is 2. The van der Waals surface area contributed by atoms with E-state index < -0.39 is 0 Å². The van der Waals surface area contributed by atoms with Gasteiger partial charge in [0, 0.05) is 38.3 Å². The van der Waals surface area contributed by atoms with Gasteiger partial charge in [0.2, 0.25) is 0 Å². The van der Waals surface area contributed by atoms with Gasteiger partial charge in [-0.1, -0.05) is 15.9 Å². The molecule has 1 aliphatic heterocycles. The summed E-state index contributed by atoms with van der Waals surface area (Å²) in [5.41, 5.74) is 0.856. The zero-order valence-electron chi connectivity index (χ0n) is 13.2. The molecule has 1 unspecified atom stereocenters. The van der Waals surface area contributed by atoms with E-state index >= 15 is 0 Å². The fraction of sp³-hybridized carbons (Fsp3) is 0.533. The molecule has 1 heterocycles. The number of hydrogen-bond donors (Lipinski definition) is 1. The molecule has 8 heteroatoms. The molecule has 0 amide bonds. The standard InChI is InChI=1S/C15H21BrFN3O2.HI/c1-18-15(20-3-4-22-14(9-20)10-21-2)19-8-11-5-12(16)7-13(17)6-11;/h5-7,14H,3-4,8-10H2,1-2H3,(H,18,19);1H. The molecule has 0 aliphatic carbocycles. The van der Waals surface area contributed by atoms with E-state index in [0.717, 1.165) is 29.1 Å². The van der Waals surface area contributed by atoms with Gasteiger partial charge in [-0.3, -0.25) is 4.99 Å². The SMILES string of the molecule is CN=C(NCc1cc(F)cc(Br)c1)N1CCOC(COC)C1.I. The van der Waals surface area contributed by atoms with Gasteiger partial charge in [-0.05, 0) is 23.8 Å². The summed E-state index contributed by atoms with van der Waals surface area (Å²) in [4.78, 5) is 6.42. The molecule has 1 atom stereocenters. The molecule has 1 fully saturated rings. The number of halogens is 3. The summed E-state index contributed by atoms with van der Waals surface area (Å²) in [6.07, 6.45) is 0.0422. The average molecular weight is 502 g/mol. The number of rotatable bonds is 4. The van der Waals surface area contributed by atoms with E-state index in [4.69, 9.17) is 9.47 Å². The Morgan fingerprint density at radius 3 is 2.96 bits per heavy atom. The van der Waals surface area contributed by atoms with Gasteiger partial charge in [-0.2, -0.15) is 0 Å². The predicted molar refractivity (Wildman–Crippen MR) is 103 cm³/mol. The quantitative estimate of drug-likeness (QED) is 0.391. The Bertz CT molecular complexity index is 511. The predicted octanol–water partition coefficient (Wildman–Crippen LogP) is 2.63. The second-order valence-corrected chi connectivity index (χ2v) is 5.99. The van der Waals surface area contributed by atoms with E-state index in [1.165, 1.54) is 12.1 Å². The number of methoxy groups -OCH3 is 1. The molecule has 1 aromatic rings. The Balaban J connectivity index is 0.00000264. The minimum Gasteiger partial charge on any atom is -0.382 e. The highest BCUT2D eigenvalue weighted by Crippen LogP contribution is 2.15. The van der Waals surface area contributed by atoms with Crippen LogP contribution < -0.4 is 5.32 Å². The summed E-state index contributed by atoms with van der Waals surface area (Å²) < 4.78 is 24.9. The number of morpholine rings is 1. The maximum absolute atomic E-state index is 13.4. The topological polar surface area (TPSA) is 46.1 Å². The molecule has 5 nitrogen and oxygen atoms in total. The molecule has 0 saturated carbocycles. The number of benzene rings is 1. The van der Waals surface area contributed by atoms with Crippen molar-refractivity contribution in [3.63, 3.8) is 0 Å². The lowest BCUT2D eigenvalue weighted by atomic mass is 10.2. The van der Waals surface area contributed by atoms with Gasteiger partial charge in [-0.25, -0.2) is 4.39 Å². The second-order valence-electron chi connectivity index (χ2n) is 5.07. The van der Waals surface area contributed by atoms with Gasteiger partial charge < -0.3 is 19.7 Å². The lowest BCUT2D eigenvalue weighted by molar-refractivity contribution is -0.0447. The summed E-state index contributed by atoms with van der Waals surface area (Å²) >= 11 is 3.30. The Labute approximate surface area is 161 Å². The molecule has 1 saturated heterocycles. The van der Waals surface area contributed by atoms with Crippen molar-refractivity contribution in [1.82, 2.24) is 10.2 Å². The molecule has 0 radical (unpaired) electrons. The summed E-state index contributed by atoms with van der Waals surface area (Å²) in [6, 6.07) is 4.84. The molecule has 0 spiro atoms. The highest BCUT2D eigenvalue weighted by Gasteiger charge is 2.22. The molecular formula is C15H22BrFIN3O2. The molecule has 130 valence electrons. The molecule has 1 aliphatic rings. The maximum Gasteiger partial charge on any atom is 0.194 e. The lowest BCUT2D eigenvalue weighted by Gasteiger charge is -2.34. The zero-order chi connectivity index (χ0) is 15.9. The number of aliphatic imine (C=N–C) groups is 1. The van der Waals surface area contributed by atoms with Crippen LogP contribution in [-0.2, 0) is 16.0 Å². The van der Waals surface area contributed by atoms with E-state index in [9.17, 15) is 4.39 Å². The summed E-state index contributed by atoms with van der Waals surface area (Å²) in [5, 5.41) is 3.26. The average Bonchev–Trinajstić information content (AvgIpc) is 2.48. The van der Waals surface area contributed by atoms with Crippen LogP contribution in [-0.4, -0.2) is 57.4 Å². The third-order valence-corrected chi connectivity index (χ3v) is 3.83. The molecular weight excluding hydrogens is 480 g/mol. The highest BCUT2D eigenvalue weighted by molar-refractivity contribution is 14.0. The minimum atomic E-state index is -0.257. The third kappa shape index (κ3) is 6.52. The molecule has 0 bridgehead atoms. The first-order chi connectivity index (χ1) is 10.6. The van der Waals surface area contributed by atoms with Crippen molar-refractivity contribution in [1.29, 1.82) is 0 Å². The zero-order valence-corrected chi connectivity index (χ0v) is 17.1. The van der Waals surface area contributed by atoms with Crippen molar-refractivity contribution >= 4 is 45.9 Å². The highest BCUT2D eigenvalue weighted by atomic mass is 127. The monoisotopic (exact) mass is 501 g/mol. The van der Waals surface area contributed by atoms with E-state index in [1.54, 1.807) is 14.2 Å². The van der Waals surface area contributed by atoms with Gasteiger partial charge in [-0.15, -0.1) is 24.0 Å². The first kappa shape index (κ1) is 20.6. The van der Waals surface area contributed by atoms with Crippen LogP contribution in [0.15, 0.2) is 27.7 Å². The van der Waals surface area contributed by atoms with Gasteiger partial charge in [0.15, 0.2) is 5.96 Å². The lowest BCUT2D eigenvalue weighted by Crippen LogP contribution is -2.51. The first-order valence-electron chi connectivity index (χ1n) is 7.13. The summed E-state index contributed by atoms with van der Waals surface area (Å²) in [7, 11) is 3.40. The fourth-order valence-electron chi connectivity index (χ4n) is 2.42. The van der Waals surface area contributed by atoms with Crippen LogP contribution in [0.1, 0.15) is 5.56 Å². The van der Waals surface area contributed by atoms with Crippen LogP contribution in [0.3, 0.4) is 0 Å². The van der Waals surface area contributed by atoms with Crippen molar-refractivity contribution < 1.29 is 13.9 Å². The van der Waals surface area contributed by atoms with Crippen LogP contribution in [0.4, 0.5) is 4.39 Å². The number of nitrogens with zero attached hydrogens (tertiary/aromatic N) is 2. The Morgan fingerprint density at radius 2 is 2.30 bits per heavy atom. The van der Waals surface area contributed by atoms with E-state index in [0.29, 0.717) is 19.8 Å². The van der Waals surface area contributed by atoms with Crippen LogP contribution in [0.5, 0.6) is 0 Å². The van der Waals surface area contributed by atoms with Crippen LogP contribution in [0.2, 0.25) is 0 Å². The number of nitrogens with one attached hydrogen (secondary N) is 1. The van der Waals surface area contributed by atoms with Crippen molar-refractivity contribution in [2.45, 2.75) is 12.6 Å². The first-order valence-corrected chi connectivity index (χ1v) is 7.92. The largest absolute Gasteiger partial charge is 0.382 e. The minimum absolute atomic E-state index is 0. The normalized spacial score (nSPS) is 18.5. The van der Waals surface area contributed by atoms with Crippen LogP contribution in [0, 0.1) is 5.82 Å². The molecule has 1 N–H and O–H groups in total. The van der Waals surface area contributed by atoms with Crippen LogP contribution >= 0.6 is 39.9 Å². The third-order valence-electron chi connectivity index (χ3n) is 3.38. The smallest absolute Gasteiger partial charge is 0.194 e. The number of guanidine groups is 1. The van der Waals surface area contributed by atoms with E-state index in [1.807, 2.05) is 6.07 Å². The van der Waals surface area contributed by atoms with Crippen molar-refractivity contribution in [2.24, 2.45) is 4.99 Å². The molecule has 0 aromatic heterocycles. The van der Waals surface area contributed by atoms with Gasteiger partial charge in [0.05, 0.1) is 19.3 Å². The van der Waals surface area contributed by atoms with E-state index in [2.05, 4.69) is 31.1 Å². The van der Waals surface area contributed by atoms with Gasteiger partial charge >= 0.3 is 0 Å². The summed E-state index contributed by atoms with van der Waals surface area (Å²) in [6.45, 7) is 3.20. The molecule has 23 heavy (non-hydrogen) atoms. The van der Waals surface area contributed by atoms with E-state index in [-0.39, 0.29) is 35.9 Å². The number of hydrogen-bond acceptors (Lipinski definition) is 3. The molecule has 2 rings (SSSR count). The van der Waals surface area contributed by atoms with Gasteiger partial charge in [0.25, 0.3) is 0 Å². The Kier molecular flexibility index (Phi) is 9.33. The maximum atomic E-state index is 13.4. The van der Waals surface area contributed by atoms with Crippen molar-refractivity contribution in [2.75, 3.05) is 40.5 Å². The fourth-order valence-corrected chi connectivity index (χ4v) is 2.94. The van der Waals surface area contributed by atoms with Crippen molar-refractivity contribution in [3.8, 4) is 0 Å². The Morgan fingerprint density at radius 1 is 1.52 bits per heavy atom. The van der Waals surface area contributed by atoms with Crippen molar-refractivity contribution in [3.05, 3.63) is 34.1 Å².